The summed E-state index contributed by atoms with van der Waals surface area (Å²) in [5, 5.41) is 3.69. The van der Waals surface area contributed by atoms with Gasteiger partial charge < -0.3 is 4.90 Å². The third-order valence-corrected chi connectivity index (χ3v) is 9.45. The highest BCUT2D eigenvalue weighted by Crippen LogP contribution is 2.32. The van der Waals surface area contributed by atoms with Crippen molar-refractivity contribution in [1.29, 1.82) is 0 Å². The Balaban J connectivity index is 1.32. The van der Waals surface area contributed by atoms with Crippen molar-refractivity contribution < 1.29 is 22.8 Å². The van der Waals surface area contributed by atoms with Crippen molar-refractivity contribution in [3.05, 3.63) is 41.4 Å². The van der Waals surface area contributed by atoms with E-state index in [1.807, 2.05) is 37.8 Å². The van der Waals surface area contributed by atoms with Gasteiger partial charge in [0, 0.05) is 37.1 Å². The average molecular weight is 564 g/mol. The second kappa shape index (κ2) is 11.9. The van der Waals surface area contributed by atoms with Gasteiger partial charge in [-0.1, -0.05) is 23.7 Å². The molecule has 38 heavy (non-hydrogen) atoms. The van der Waals surface area contributed by atoms with Gasteiger partial charge in [-0.3, -0.25) is 14.4 Å². The van der Waals surface area contributed by atoms with Crippen LogP contribution in [0, 0.1) is 11.8 Å². The Morgan fingerprint density at radius 3 is 2.39 bits per heavy atom. The second-order valence-electron chi connectivity index (χ2n) is 11.4. The molecule has 0 spiro atoms. The lowest BCUT2D eigenvalue weighted by Crippen LogP contribution is -2.42. The number of hydrogen-bond acceptors (Lipinski definition) is 5. The fourth-order valence-electron chi connectivity index (χ4n) is 5.42. The first kappa shape index (κ1) is 28.8. The summed E-state index contributed by atoms with van der Waals surface area (Å²) in [4.78, 5) is 32.5. The van der Waals surface area contributed by atoms with Crippen LogP contribution in [0.25, 0.3) is 10.8 Å². The number of hydrogen-bond donors (Lipinski definition) is 0. The van der Waals surface area contributed by atoms with Crippen molar-refractivity contribution in [3.8, 4) is 0 Å². The summed E-state index contributed by atoms with van der Waals surface area (Å²) in [7, 11) is -3.68. The average Bonchev–Trinajstić information content (AvgIpc) is 3.14. The molecule has 208 valence electrons. The van der Waals surface area contributed by atoms with Crippen molar-refractivity contribution in [1.82, 2.24) is 14.3 Å². The van der Waals surface area contributed by atoms with E-state index in [0.717, 1.165) is 42.9 Å². The Kier molecular flexibility index (Phi) is 9.02. The normalized spacial score (nSPS) is 21.7. The fraction of sp³-hybridized carbons (Fsp3) is 0.571. The predicted octanol–water partition coefficient (Wildman–Crippen LogP) is 4.71. The van der Waals surface area contributed by atoms with Gasteiger partial charge in [-0.15, -0.1) is 0 Å². The van der Waals surface area contributed by atoms with Gasteiger partial charge in [0.15, 0.2) is 0 Å². The van der Waals surface area contributed by atoms with Crippen LogP contribution in [0.15, 0.2) is 41.3 Å². The SMILES string of the molecule is CC(C)(C)ON(C=O)CC1CCC(C(=O)N2CCCN(S(=O)(=O)c3ccc4cc(Cl)ccc4c3)CC2)CC1. The number of nitrogens with zero attached hydrogens (tertiary/aromatic N) is 3. The minimum absolute atomic E-state index is 0.0602. The number of benzene rings is 2. The van der Waals surface area contributed by atoms with E-state index in [-0.39, 0.29) is 23.3 Å². The molecule has 2 fully saturated rings. The van der Waals surface area contributed by atoms with Gasteiger partial charge in [0.1, 0.15) is 0 Å². The van der Waals surface area contributed by atoms with Crippen LogP contribution in [0.3, 0.4) is 0 Å². The van der Waals surface area contributed by atoms with Gasteiger partial charge >= 0.3 is 0 Å². The maximum Gasteiger partial charge on any atom is 0.243 e. The first-order valence-corrected chi connectivity index (χ1v) is 15.2. The Bertz CT molecular complexity index is 1250. The highest BCUT2D eigenvalue weighted by molar-refractivity contribution is 7.89. The molecule has 1 heterocycles. The van der Waals surface area contributed by atoms with Gasteiger partial charge in [-0.2, -0.15) is 4.31 Å². The first-order chi connectivity index (χ1) is 18.0. The van der Waals surface area contributed by atoms with Crippen molar-refractivity contribution in [2.75, 3.05) is 32.7 Å². The highest BCUT2D eigenvalue weighted by Gasteiger charge is 2.33. The molecular formula is C28H38ClN3O5S. The number of carbonyl (C=O) groups is 2. The summed E-state index contributed by atoms with van der Waals surface area (Å²) in [5.41, 5.74) is -0.440. The summed E-state index contributed by atoms with van der Waals surface area (Å²) in [6.45, 7) is 7.85. The number of rotatable bonds is 7. The minimum atomic E-state index is -3.68. The number of amides is 2. The molecule has 8 nitrogen and oxygen atoms in total. The Labute approximate surface area is 230 Å². The lowest BCUT2D eigenvalue weighted by atomic mass is 9.81. The summed E-state index contributed by atoms with van der Waals surface area (Å²) in [5.74, 6) is 0.354. The van der Waals surface area contributed by atoms with Crippen molar-refractivity contribution in [3.63, 3.8) is 0 Å². The van der Waals surface area contributed by atoms with Gasteiger partial charge in [-0.05, 0) is 93.8 Å². The molecule has 1 aliphatic carbocycles. The van der Waals surface area contributed by atoms with Crippen molar-refractivity contribution in [2.45, 2.75) is 63.4 Å². The summed E-state index contributed by atoms with van der Waals surface area (Å²) >= 11 is 6.06. The van der Waals surface area contributed by atoms with Gasteiger partial charge in [0.05, 0.1) is 17.0 Å². The molecule has 1 aliphatic heterocycles. The van der Waals surface area contributed by atoms with E-state index < -0.39 is 15.6 Å². The minimum Gasteiger partial charge on any atom is -0.341 e. The molecule has 1 saturated heterocycles. The molecule has 0 unspecified atom stereocenters. The van der Waals surface area contributed by atoms with Gasteiger partial charge in [0.25, 0.3) is 0 Å². The molecule has 0 atom stereocenters. The van der Waals surface area contributed by atoms with E-state index in [1.54, 1.807) is 24.3 Å². The van der Waals surface area contributed by atoms with E-state index in [4.69, 9.17) is 16.4 Å². The zero-order valence-electron chi connectivity index (χ0n) is 22.4. The molecule has 0 N–H and O–H groups in total. The number of hydroxylamine groups is 2. The van der Waals surface area contributed by atoms with Crippen LogP contribution in [-0.4, -0.2) is 73.3 Å². The molecule has 0 bridgehead atoms. The van der Waals surface area contributed by atoms with Gasteiger partial charge in [-0.25, -0.2) is 13.5 Å². The molecule has 10 heteroatoms. The Morgan fingerprint density at radius 1 is 1.03 bits per heavy atom. The quantitative estimate of drug-likeness (QED) is 0.360. The topological polar surface area (TPSA) is 87.2 Å². The maximum absolute atomic E-state index is 13.4. The number of fused-ring (bicyclic) bond motifs is 1. The first-order valence-electron chi connectivity index (χ1n) is 13.4. The number of halogens is 1. The summed E-state index contributed by atoms with van der Waals surface area (Å²) in [6.07, 6.45) is 4.58. The predicted molar refractivity (Wildman–Crippen MR) is 148 cm³/mol. The molecule has 0 radical (unpaired) electrons. The van der Waals surface area contributed by atoms with E-state index in [1.165, 1.54) is 9.37 Å². The number of sulfonamides is 1. The zero-order chi connectivity index (χ0) is 27.5. The second-order valence-corrected chi connectivity index (χ2v) is 13.7. The van der Waals surface area contributed by atoms with Crippen LogP contribution in [0.1, 0.15) is 52.9 Å². The Morgan fingerprint density at radius 2 is 1.71 bits per heavy atom. The van der Waals surface area contributed by atoms with Crippen LogP contribution in [-0.2, 0) is 24.4 Å². The highest BCUT2D eigenvalue weighted by atomic mass is 35.5. The summed E-state index contributed by atoms with van der Waals surface area (Å²) < 4.78 is 28.3. The molecule has 0 aromatic heterocycles. The lowest BCUT2D eigenvalue weighted by Gasteiger charge is -2.34. The third kappa shape index (κ3) is 7.05. The van der Waals surface area contributed by atoms with E-state index in [0.29, 0.717) is 43.5 Å². The van der Waals surface area contributed by atoms with Crippen molar-refractivity contribution in [2.24, 2.45) is 11.8 Å². The van der Waals surface area contributed by atoms with Crippen LogP contribution in [0.2, 0.25) is 5.02 Å². The standard InChI is InChI=1S/C28H38ClN3O5S/c1-28(2,3)37-31(20-33)19-21-5-7-22(8-6-21)27(34)30-13-4-14-32(16-15-30)38(35,36)26-12-10-23-17-25(29)11-9-24(23)18-26/h9-12,17-18,20-22H,4-8,13-16,19H2,1-3H3. The maximum atomic E-state index is 13.4. The van der Waals surface area contributed by atoms with Crippen LogP contribution < -0.4 is 0 Å². The van der Waals surface area contributed by atoms with E-state index in [2.05, 4.69) is 0 Å². The lowest BCUT2D eigenvalue weighted by molar-refractivity contribution is -0.220. The van der Waals surface area contributed by atoms with Gasteiger partial charge in [0.2, 0.25) is 22.3 Å². The largest absolute Gasteiger partial charge is 0.341 e. The van der Waals surface area contributed by atoms with Crippen LogP contribution in [0.4, 0.5) is 0 Å². The smallest absolute Gasteiger partial charge is 0.243 e. The molecular weight excluding hydrogens is 526 g/mol. The van der Waals surface area contributed by atoms with Crippen LogP contribution >= 0.6 is 11.6 Å². The van der Waals surface area contributed by atoms with E-state index in [9.17, 15) is 18.0 Å². The molecule has 2 aliphatic rings. The molecule has 2 amide bonds. The summed E-state index contributed by atoms with van der Waals surface area (Å²) in [6, 6.07) is 10.5. The molecule has 2 aromatic carbocycles. The fourth-order valence-corrected chi connectivity index (χ4v) is 7.10. The van der Waals surface area contributed by atoms with Crippen molar-refractivity contribution >= 4 is 44.7 Å². The monoisotopic (exact) mass is 563 g/mol. The van der Waals surface area contributed by atoms with Crippen LogP contribution in [0.5, 0.6) is 0 Å². The van der Waals surface area contributed by atoms with E-state index >= 15 is 0 Å². The molecule has 1 saturated carbocycles. The molecule has 4 rings (SSSR count). The zero-order valence-corrected chi connectivity index (χ0v) is 24.0. The Hall–Kier alpha value is -2.20. The number of carbonyl (C=O) groups excluding carboxylic acids is 2. The molecule has 2 aromatic rings. The third-order valence-electron chi connectivity index (χ3n) is 7.32.